The van der Waals surface area contributed by atoms with Crippen LogP contribution in [0.1, 0.15) is 31.0 Å². The Hall–Kier alpha value is -4.84. The summed E-state index contributed by atoms with van der Waals surface area (Å²) in [7, 11) is 5.94. The third kappa shape index (κ3) is 5.79. The Kier molecular flexibility index (Phi) is 9.16. The first kappa shape index (κ1) is 30.1. The van der Waals surface area contributed by atoms with Crippen molar-refractivity contribution >= 4 is 29.4 Å². The third-order valence-corrected chi connectivity index (χ3v) is 7.30. The highest BCUT2D eigenvalue weighted by atomic mass is 32.1. The number of aromatic nitrogens is 1. The molecule has 4 rings (SSSR count). The minimum Gasteiger partial charge on any atom is -0.493 e. The number of allylic oxidation sites excluding steroid dienone is 1. The van der Waals surface area contributed by atoms with Crippen molar-refractivity contribution in [3.63, 3.8) is 0 Å². The molecule has 0 saturated heterocycles. The zero-order valence-corrected chi connectivity index (χ0v) is 24.8. The molecule has 1 unspecified atom stereocenters. The highest BCUT2D eigenvalue weighted by molar-refractivity contribution is 7.07. The van der Waals surface area contributed by atoms with Crippen LogP contribution >= 0.6 is 11.3 Å². The zero-order valence-electron chi connectivity index (χ0n) is 24.0. The second-order valence-electron chi connectivity index (χ2n) is 8.93. The largest absolute Gasteiger partial charge is 0.493 e. The summed E-state index contributed by atoms with van der Waals surface area (Å²) in [6.45, 7) is 6.53. The average molecular weight is 595 g/mol. The summed E-state index contributed by atoms with van der Waals surface area (Å²) in [5.74, 6) is 0.542. The quantitative estimate of drug-likeness (QED) is 0.198. The molecule has 0 aliphatic carbocycles. The van der Waals surface area contributed by atoms with E-state index in [9.17, 15) is 14.4 Å². The Morgan fingerprint density at radius 3 is 2.24 bits per heavy atom. The molecular formula is C30H30N2O9S. The summed E-state index contributed by atoms with van der Waals surface area (Å²) in [6.07, 6.45) is 3.14. The number of nitrogens with zero attached hydrogens (tertiary/aromatic N) is 2. The monoisotopic (exact) mass is 594 g/mol. The molecule has 0 N–H and O–H groups in total. The van der Waals surface area contributed by atoms with E-state index in [4.69, 9.17) is 28.4 Å². The molecule has 12 heteroatoms. The number of methoxy groups -OCH3 is 4. The first-order chi connectivity index (χ1) is 20.2. The smallest absolute Gasteiger partial charge is 0.338 e. The van der Waals surface area contributed by atoms with Gasteiger partial charge < -0.3 is 28.4 Å². The molecule has 0 saturated carbocycles. The van der Waals surface area contributed by atoms with Crippen molar-refractivity contribution < 1.29 is 38.0 Å². The molecule has 2 heterocycles. The van der Waals surface area contributed by atoms with Gasteiger partial charge in [-0.1, -0.05) is 30.1 Å². The van der Waals surface area contributed by atoms with Crippen molar-refractivity contribution in [1.82, 2.24) is 4.57 Å². The van der Waals surface area contributed by atoms with E-state index in [-0.39, 0.29) is 29.2 Å². The van der Waals surface area contributed by atoms with Gasteiger partial charge in [0.15, 0.2) is 27.8 Å². The first-order valence-corrected chi connectivity index (χ1v) is 13.5. The first-order valence-electron chi connectivity index (χ1n) is 12.6. The number of fused-ring (bicyclic) bond motifs is 1. The molecule has 1 aromatic heterocycles. The molecule has 0 spiro atoms. The van der Waals surface area contributed by atoms with Gasteiger partial charge in [-0.15, -0.1) is 0 Å². The van der Waals surface area contributed by atoms with Gasteiger partial charge in [-0.3, -0.25) is 14.2 Å². The molecule has 0 bridgehead atoms. The van der Waals surface area contributed by atoms with Crippen molar-refractivity contribution in [2.24, 2.45) is 4.99 Å². The molecule has 0 amide bonds. The van der Waals surface area contributed by atoms with E-state index in [2.05, 4.69) is 11.6 Å². The highest BCUT2D eigenvalue weighted by Gasteiger charge is 2.34. The summed E-state index contributed by atoms with van der Waals surface area (Å²) in [6, 6.07) is 7.34. The van der Waals surface area contributed by atoms with Crippen LogP contribution in [-0.4, -0.2) is 51.6 Å². The second-order valence-corrected chi connectivity index (χ2v) is 9.94. The Morgan fingerprint density at radius 2 is 1.67 bits per heavy atom. The van der Waals surface area contributed by atoms with Crippen molar-refractivity contribution in [3.05, 3.63) is 85.1 Å². The Labute approximate surface area is 245 Å². The Morgan fingerprint density at radius 1 is 1.00 bits per heavy atom. The Balaban J connectivity index is 1.96. The van der Waals surface area contributed by atoms with Crippen molar-refractivity contribution in [1.29, 1.82) is 0 Å². The maximum Gasteiger partial charge on any atom is 0.338 e. The second kappa shape index (κ2) is 12.8. The highest BCUT2D eigenvalue weighted by Crippen LogP contribution is 2.39. The minimum atomic E-state index is -0.916. The normalized spacial score (nSPS) is 14.4. The van der Waals surface area contributed by atoms with Gasteiger partial charge in [-0.05, 0) is 48.4 Å². The molecular weight excluding hydrogens is 564 g/mol. The van der Waals surface area contributed by atoms with Crippen LogP contribution in [0.4, 0.5) is 0 Å². The molecule has 0 radical (unpaired) electrons. The van der Waals surface area contributed by atoms with E-state index in [1.54, 1.807) is 43.3 Å². The van der Waals surface area contributed by atoms with Crippen LogP contribution in [0, 0.1) is 0 Å². The van der Waals surface area contributed by atoms with Gasteiger partial charge >= 0.3 is 11.9 Å². The van der Waals surface area contributed by atoms with E-state index in [0.29, 0.717) is 43.4 Å². The minimum absolute atomic E-state index is 0.0252. The van der Waals surface area contributed by atoms with Gasteiger partial charge in [0.2, 0.25) is 5.75 Å². The van der Waals surface area contributed by atoms with Crippen molar-refractivity contribution in [2.45, 2.75) is 19.9 Å². The van der Waals surface area contributed by atoms with Gasteiger partial charge in [-0.25, -0.2) is 9.79 Å². The molecule has 42 heavy (non-hydrogen) atoms. The lowest BCUT2D eigenvalue weighted by atomic mass is 9.95. The van der Waals surface area contributed by atoms with Crippen LogP contribution in [0.3, 0.4) is 0 Å². The predicted octanol–water partition coefficient (Wildman–Crippen LogP) is 2.92. The van der Waals surface area contributed by atoms with E-state index in [1.807, 2.05) is 0 Å². The molecule has 3 aromatic rings. The number of esters is 2. The number of hydrogen-bond donors (Lipinski definition) is 0. The molecule has 220 valence electrons. The standard InChI is InChI=1S/C30H30N2O9S/c1-8-11-40-29(35)25-16(2)31-30-32(26(25)19-9-10-20(41-17(3)33)21(15-19)36-4)28(34)24(42-30)14-18-12-22(37-5)27(39-7)23(13-18)38-6/h8-10,12-15,26H,1,11H2,2-7H3. The predicted molar refractivity (Wildman–Crippen MR) is 155 cm³/mol. The molecule has 1 atom stereocenters. The molecule has 1 aliphatic heterocycles. The van der Waals surface area contributed by atoms with Gasteiger partial charge in [-0.2, -0.15) is 0 Å². The van der Waals surface area contributed by atoms with Gasteiger partial charge in [0, 0.05) is 6.92 Å². The van der Waals surface area contributed by atoms with Crippen LogP contribution in [0.5, 0.6) is 28.7 Å². The number of carbonyl (C=O) groups is 2. The molecule has 1 aliphatic rings. The fourth-order valence-corrected chi connectivity index (χ4v) is 5.59. The van der Waals surface area contributed by atoms with Crippen LogP contribution in [0.2, 0.25) is 0 Å². The number of ether oxygens (including phenoxy) is 6. The summed E-state index contributed by atoms with van der Waals surface area (Å²) in [5, 5.41) is 0. The fraction of sp³-hybridized carbons (Fsp3) is 0.267. The van der Waals surface area contributed by atoms with Crippen LogP contribution < -0.4 is 38.6 Å². The molecule has 2 aromatic carbocycles. The third-order valence-electron chi connectivity index (χ3n) is 6.32. The van der Waals surface area contributed by atoms with Crippen molar-refractivity contribution in [3.8, 4) is 28.7 Å². The van der Waals surface area contributed by atoms with E-state index in [0.717, 1.165) is 11.3 Å². The summed E-state index contributed by atoms with van der Waals surface area (Å²) >= 11 is 1.16. The lowest BCUT2D eigenvalue weighted by Gasteiger charge is -2.25. The van der Waals surface area contributed by atoms with Gasteiger partial charge in [0.1, 0.15) is 6.61 Å². The average Bonchev–Trinajstić information content (AvgIpc) is 3.28. The molecule has 11 nitrogen and oxygen atoms in total. The van der Waals surface area contributed by atoms with Crippen LogP contribution in [-0.2, 0) is 14.3 Å². The lowest BCUT2D eigenvalue weighted by molar-refractivity contribution is -0.138. The number of thiazole rings is 1. The number of hydrogen-bond acceptors (Lipinski definition) is 11. The number of rotatable bonds is 10. The fourth-order valence-electron chi connectivity index (χ4n) is 4.54. The topological polar surface area (TPSA) is 124 Å². The van der Waals surface area contributed by atoms with Crippen LogP contribution in [0.25, 0.3) is 6.08 Å². The Bertz CT molecular complexity index is 1740. The summed E-state index contributed by atoms with van der Waals surface area (Å²) in [5.41, 5.74) is 1.31. The summed E-state index contributed by atoms with van der Waals surface area (Å²) < 4.78 is 34.2. The van der Waals surface area contributed by atoms with E-state index >= 15 is 0 Å². The summed E-state index contributed by atoms with van der Waals surface area (Å²) in [4.78, 5) is 43.8. The van der Waals surface area contributed by atoms with Gasteiger partial charge in [0.25, 0.3) is 5.56 Å². The maximum atomic E-state index is 14.0. The number of benzene rings is 2. The lowest BCUT2D eigenvalue weighted by Crippen LogP contribution is -2.40. The van der Waals surface area contributed by atoms with Crippen LogP contribution in [0.15, 0.2) is 64.0 Å². The van der Waals surface area contributed by atoms with E-state index < -0.39 is 18.0 Å². The molecule has 0 fully saturated rings. The maximum absolute atomic E-state index is 14.0. The zero-order chi connectivity index (χ0) is 30.6. The number of carbonyl (C=O) groups excluding carboxylic acids is 2. The SMILES string of the molecule is C=CCOC(=O)C1=C(C)N=c2sc(=Cc3cc(OC)c(OC)c(OC)c3)c(=O)n2C1c1ccc(OC(C)=O)c(OC)c1. The van der Waals surface area contributed by atoms with Crippen molar-refractivity contribution in [2.75, 3.05) is 35.0 Å². The van der Waals surface area contributed by atoms with E-state index in [1.165, 1.54) is 46.0 Å². The van der Waals surface area contributed by atoms with Gasteiger partial charge in [0.05, 0.1) is 50.3 Å².